The molecule has 178 valence electrons. The molecule has 0 radical (unpaired) electrons. The van der Waals surface area contributed by atoms with Gasteiger partial charge in [0.2, 0.25) is 0 Å². The van der Waals surface area contributed by atoms with Crippen LogP contribution in [0, 0.1) is 18.3 Å². The van der Waals surface area contributed by atoms with Gasteiger partial charge >= 0.3 is 0 Å². The number of hydrogen-bond donors (Lipinski definition) is 0. The molecular formula is C23H44O7. The van der Waals surface area contributed by atoms with Crippen LogP contribution in [0.2, 0.25) is 0 Å². The molecule has 0 saturated heterocycles. The standard InChI is InChI=1S/C23H44O7/c1-4-9-24-11-13-26-15-17-28-19-21-30-22-20-29-18-16-27-14-12-25-10-7-8-23(5-2)6-3/h1,23H,5-22H2,2-3H3. The lowest BCUT2D eigenvalue weighted by Crippen LogP contribution is -2.14. The highest BCUT2D eigenvalue weighted by Gasteiger charge is 2.02. The minimum atomic E-state index is 0.321. The first-order valence-corrected chi connectivity index (χ1v) is 11.3. The molecule has 0 amide bonds. The van der Waals surface area contributed by atoms with Crippen molar-refractivity contribution in [3.8, 4) is 12.3 Å². The van der Waals surface area contributed by atoms with E-state index in [-0.39, 0.29) is 0 Å². The van der Waals surface area contributed by atoms with Gasteiger partial charge < -0.3 is 33.2 Å². The van der Waals surface area contributed by atoms with Crippen LogP contribution in [0.15, 0.2) is 0 Å². The fourth-order valence-electron chi connectivity index (χ4n) is 2.62. The Morgan fingerprint density at radius 2 is 0.867 bits per heavy atom. The van der Waals surface area contributed by atoms with Gasteiger partial charge in [0.05, 0.1) is 79.3 Å². The second-order valence-corrected chi connectivity index (χ2v) is 6.76. The van der Waals surface area contributed by atoms with Crippen molar-refractivity contribution in [2.45, 2.75) is 39.5 Å². The molecule has 0 aromatic carbocycles. The van der Waals surface area contributed by atoms with Gasteiger partial charge in [0.25, 0.3) is 0 Å². The minimum Gasteiger partial charge on any atom is -0.379 e. The van der Waals surface area contributed by atoms with Crippen molar-refractivity contribution in [1.82, 2.24) is 0 Å². The summed E-state index contributed by atoms with van der Waals surface area (Å²) in [6.07, 6.45) is 9.99. The van der Waals surface area contributed by atoms with Gasteiger partial charge in [-0.15, -0.1) is 6.42 Å². The summed E-state index contributed by atoms with van der Waals surface area (Å²) in [6.45, 7) is 12.3. The van der Waals surface area contributed by atoms with Gasteiger partial charge in [-0.05, 0) is 18.8 Å². The predicted octanol–water partition coefficient (Wildman–Crippen LogP) is 2.95. The first-order chi connectivity index (χ1) is 14.8. The number of ether oxygens (including phenoxy) is 7. The molecule has 0 N–H and O–H groups in total. The van der Waals surface area contributed by atoms with Crippen molar-refractivity contribution in [3.05, 3.63) is 0 Å². The van der Waals surface area contributed by atoms with Crippen molar-refractivity contribution in [2.24, 2.45) is 5.92 Å². The Morgan fingerprint density at radius 1 is 0.533 bits per heavy atom. The summed E-state index contributed by atoms with van der Waals surface area (Å²) in [5.41, 5.74) is 0. The molecule has 0 bridgehead atoms. The quantitative estimate of drug-likeness (QED) is 0.162. The SMILES string of the molecule is C#CCOCCOCCOCCOCCOCCOCCOCCCC(CC)CC. The van der Waals surface area contributed by atoms with Crippen molar-refractivity contribution < 1.29 is 33.2 Å². The molecular weight excluding hydrogens is 388 g/mol. The molecule has 30 heavy (non-hydrogen) atoms. The van der Waals surface area contributed by atoms with Crippen molar-refractivity contribution in [2.75, 3.05) is 92.5 Å². The third-order valence-corrected chi connectivity index (χ3v) is 4.47. The zero-order chi connectivity index (χ0) is 22.0. The molecule has 0 atom stereocenters. The Labute approximate surface area is 184 Å². The Balaban J connectivity index is 3.04. The van der Waals surface area contributed by atoms with Crippen LogP contribution in [0.5, 0.6) is 0 Å². The van der Waals surface area contributed by atoms with E-state index in [4.69, 9.17) is 39.6 Å². The normalized spacial score (nSPS) is 11.3. The largest absolute Gasteiger partial charge is 0.379 e. The third kappa shape index (κ3) is 23.6. The average molecular weight is 433 g/mol. The summed E-state index contributed by atoms with van der Waals surface area (Å²) in [5.74, 6) is 3.24. The molecule has 7 heteroatoms. The van der Waals surface area contributed by atoms with Gasteiger partial charge in [-0.2, -0.15) is 0 Å². The summed E-state index contributed by atoms with van der Waals surface area (Å²) in [5, 5.41) is 0. The molecule has 0 heterocycles. The van der Waals surface area contributed by atoms with E-state index in [0.29, 0.717) is 85.9 Å². The Bertz CT molecular complexity index is 356. The zero-order valence-corrected chi connectivity index (χ0v) is 19.2. The van der Waals surface area contributed by atoms with Gasteiger partial charge in [0, 0.05) is 6.61 Å². The maximum atomic E-state index is 5.59. The van der Waals surface area contributed by atoms with Crippen molar-refractivity contribution in [1.29, 1.82) is 0 Å². The van der Waals surface area contributed by atoms with Crippen molar-refractivity contribution in [3.63, 3.8) is 0 Å². The molecule has 0 unspecified atom stereocenters. The molecule has 0 fully saturated rings. The fourth-order valence-corrected chi connectivity index (χ4v) is 2.62. The fraction of sp³-hybridized carbons (Fsp3) is 0.913. The highest BCUT2D eigenvalue weighted by molar-refractivity contribution is 4.82. The predicted molar refractivity (Wildman–Crippen MR) is 118 cm³/mol. The van der Waals surface area contributed by atoms with Crippen molar-refractivity contribution >= 4 is 0 Å². The van der Waals surface area contributed by atoms with Crippen LogP contribution in [-0.2, 0) is 33.2 Å². The van der Waals surface area contributed by atoms with Crippen LogP contribution in [0.3, 0.4) is 0 Å². The molecule has 0 aliphatic heterocycles. The monoisotopic (exact) mass is 432 g/mol. The Morgan fingerprint density at radius 3 is 1.20 bits per heavy atom. The van der Waals surface area contributed by atoms with E-state index in [1.807, 2.05) is 0 Å². The average Bonchev–Trinajstić information content (AvgIpc) is 2.77. The van der Waals surface area contributed by atoms with E-state index in [2.05, 4.69) is 19.8 Å². The summed E-state index contributed by atoms with van der Waals surface area (Å²) < 4.78 is 37.8. The van der Waals surface area contributed by atoms with Gasteiger partial charge in [0.15, 0.2) is 0 Å². The summed E-state index contributed by atoms with van der Waals surface area (Å²) in [6, 6.07) is 0. The topological polar surface area (TPSA) is 64.6 Å². The summed E-state index contributed by atoms with van der Waals surface area (Å²) in [4.78, 5) is 0. The minimum absolute atomic E-state index is 0.321. The maximum absolute atomic E-state index is 5.59. The Hall–Kier alpha value is -0.720. The molecule has 0 aliphatic rings. The Kier molecular flexibility index (Phi) is 25.7. The van der Waals surface area contributed by atoms with Gasteiger partial charge in [0.1, 0.15) is 6.61 Å². The van der Waals surface area contributed by atoms with Gasteiger partial charge in [-0.3, -0.25) is 0 Å². The van der Waals surface area contributed by atoms with Gasteiger partial charge in [-0.1, -0.05) is 32.6 Å². The summed E-state index contributed by atoms with van der Waals surface area (Å²) in [7, 11) is 0. The second kappa shape index (κ2) is 26.3. The highest BCUT2D eigenvalue weighted by Crippen LogP contribution is 2.14. The van der Waals surface area contributed by atoms with E-state index in [1.165, 1.54) is 19.3 Å². The molecule has 0 saturated carbocycles. The zero-order valence-electron chi connectivity index (χ0n) is 19.2. The lowest BCUT2D eigenvalue weighted by Gasteiger charge is -2.11. The van der Waals surface area contributed by atoms with Crippen LogP contribution < -0.4 is 0 Å². The smallest absolute Gasteiger partial charge is 0.107 e. The first-order valence-electron chi connectivity index (χ1n) is 11.3. The van der Waals surface area contributed by atoms with E-state index in [0.717, 1.165) is 18.9 Å². The molecule has 0 aromatic rings. The second-order valence-electron chi connectivity index (χ2n) is 6.76. The molecule has 0 aliphatic carbocycles. The molecule has 0 spiro atoms. The first kappa shape index (κ1) is 29.3. The van der Waals surface area contributed by atoms with E-state index in [9.17, 15) is 0 Å². The maximum Gasteiger partial charge on any atom is 0.107 e. The lowest BCUT2D eigenvalue weighted by atomic mass is 9.98. The van der Waals surface area contributed by atoms with Gasteiger partial charge in [-0.25, -0.2) is 0 Å². The lowest BCUT2D eigenvalue weighted by molar-refractivity contribution is -0.0198. The van der Waals surface area contributed by atoms with Crippen LogP contribution in [0.25, 0.3) is 0 Å². The van der Waals surface area contributed by atoms with E-state index < -0.39 is 0 Å². The summed E-state index contributed by atoms with van der Waals surface area (Å²) >= 11 is 0. The number of hydrogen-bond acceptors (Lipinski definition) is 7. The van der Waals surface area contributed by atoms with Crippen LogP contribution in [0.1, 0.15) is 39.5 Å². The number of rotatable bonds is 25. The van der Waals surface area contributed by atoms with Crippen LogP contribution >= 0.6 is 0 Å². The third-order valence-electron chi connectivity index (χ3n) is 4.47. The van der Waals surface area contributed by atoms with Crippen LogP contribution in [0.4, 0.5) is 0 Å². The van der Waals surface area contributed by atoms with Crippen LogP contribution in [-0.4, -0.2) is 92.5 Å². The highest BCUT2D eigenvalue weighted by atomic mass is 16.6. The molecule has 0 rings (SSSR count). The number of terminal acetylenes is 1. The van der Waals surface area contributed by atoms with E-state index >= 15 is 0 Å². The molecule has 0 aromatic heterocycles. The van der Waals surface area contributed by atoms with E-state index in [1.54, 1.807) is 0 Å². The molecule has 7 nitrogen and oxygen atoms in total.